The highest BCUT2D eigenvalue weighted by Crippen LogP contribution is 2.18. The first-order valence-electron chi connectivity index (χ1n) is 9.19. The van der Waals surface area contributed by atoms with E-state index < -0.39 is 55.0 Å². The van der Waals surface area contributed by atoms with Crippen molar-refractivity contribution in [3.63, 3.8) is 0 Å². The molecule has 13 nitrogen and oxygen atoms in total. The minimum Gasteiger partial charge on any atom is -0.480 e. The van der Waals surface area contributed by atoms with Crippen LogP contribution in [0.2, 0.25) is 0 Å². The van der Waals surface area contributed by atoms with Gasteiger partial charge in [-0.25, -0.2) is 0 Å². The second-order valence-corrected chi connectivity index (χ2v) is 6.60. The molecular formula is C16H29N7O6. The van der Waals surface area contributed by atoms with Crippen molar-refractivity contribution in [2.45, 2.75) is 43.8 Å². The molecule has 3 amide bonds. The first-order chi connectivity index (χ1) is 13.7. The summed E-state index contributed by atoms with van der Waals surface area (Å²) in [6.07, 6.45) is 1.60. The fourth-order valence-electron chi connectivity index (χ4n) is 2.90. The average molecular weight is 415 g/mol. The SMILES string of the molecule is NC(N)=NCCCC(N)C(=O)NC(CO)C(=O)N1CCCC1C(=O)NCC(=O)O. The summed E-state index contributed by atoms with van der Waals surface area (Å²) in [7, 11) is 0. The Hall–Kier alpha value is -2.93. The van der Waals surface area contributed by atoms with E-state index in [2.05, 4.69) is 15.6 Å². The Kier molecular flexibility index (Phi) is 9.82. The maximum absolute atomic E-state index is 12.7. The van der Waals surface area contributed by atoms with Gasteiger partial charge in [0.25, 0.3) is 0 Å². The molecule has 0 aromatic rings. The molecular weight excluding hydrogens is 386 g/mol. The highest BCUT2D eigenvalue weighted by molar-refractivity contribution is 5.94. The van der Waals surface area contributed by atoms with Crippen LogP contribution in [-0.2, 0) is 19.2 Å². The van der Waals surface area contributed by atoms with Crippen LogP contribution in [-0.4, -0.2) is 89.1 Å². The van der Waals surface area contributed by atoms with Gasteiger partial charge in [0, 0.05) is 13.1 Å². The second kappa shape index (κ2) is 11.8. The second-order valence-electron chi connectivity index (χ2n) is 6.60. The first-order valence-corrected chi connectivity index (χ1v) is 9.19. The van der Waals surface area contributed by atoms with Crippen molar-refractivity contribution in [1.29, 1.82) is 0 Å². The summed E-state index contributed by atoms with van der Waals surface area (Å²) in [6.45, 7) is -0.689. The molecule has 1 saturated heterocycles. The number of carboxylic acids is 1. The number of hydrogen-bond acceptors (Lipinski definition) is 7. The van der Waals surface area contributed by atoms with E-state index in [1.54, 1.807) is 0 Å². The summed E-state index contributed by atoms with van der Waals surface area (Å²) in [5, 5.41) is 22.8. The van der Waals surface area contributed by atoms with Crippen LogP contribution >= 0.6 is 0 Å². The number of carbonyl (C=O) groups is 4. The average Bonchev–Trinajstić information content (AvgIpc) is 3.16. The normalized spacial score (nSPS) is 17.9. The fraction of sp³-hybridized carbons (Fsp3) is 0.688. The molecule has 13 heteroatoms. The number of aliphatic carboxylic acids is 1. The summed E-state index contributed by atoms with van der Waals surface area (Å²) in [4.78, 5) is 52.6. The highest BCUT2D eigenvalue weighted by atomic mass is 16.4. The largest absolute Gasteiger partial charge is 0.480 e. The summed E-state index contributed by atoms with van der Waals surface area (Å²) in [5.74, 6) is -3.14. The molecule has 0 aliphatic carbocycles. The van der Waals surface area contributed by atoms with E-state index >= 15 is 0 Å². The topological polar surface area (TPSA) is 226 Å². The highest BCUT2D eigenvalue weighted by Gasteiger charge is 2.37. The lowest BCUT2D eigenvalue weighted by Crippen LogP contribution is -2.57. The van der Waals surface area contributed by atoms with E-state index in [4.69, 9.17) is 22.3 Å². The van der Waals surface area contributed by atoms with Crippen LogP contribution in [0.4, 0.5) is 0 Å². The van der Waals surface area contributed by atoms with Crippen LogP contribution in [0, 0.1) is 0 Å². The van der Waals surface area contributed by atoms with Crippen LogP contribution < -0.4 is 27.8 Å². The maximum Gasteiger partial charge on any atom is 0.322 e. The zero-order valence-electron chi connectivity index (χ0n) is 16.0. The number of hydrogen-bond donors (Lipinski definition) is 7. The van der Waals surface area contributed by atoms with Gasteiger partial charge in [-0.05, 0) is 25.7 Å². The van der Waals surface area contributed by atoms with Gasteiger partial charge in [-0.2, -0.15) is 0 Å². The molecule has 1 heterocycles. The van der Waals surface area contributed by atoms with E-state index in [9.17, 15) is 24.3 Å². The molecule has 0 bridgehead atoms. The van der Waals surface area contributed by atoms with Crippen LogP contribution in [0.3, 0.4) is 0 Å². The molecule has 0 radical (unpaired) electrons. The number of nitrogens with one attached hydrogen (secondary N) is 2. The van der Waals surface area contributed by atoms with Crippen LogP contribution in [0.1, 0.15) is 25.7 Å². The Balaban J connectivity index is 2.62. The van der Waals surface area contributed by atoms with E-state index in [1.807, 2.05) is 0 Å². The summed E-state index contributed by atoms with van der Waals surface area (Å²) in [6, 6.07) is -3.06. The zero-order valence-corrected chi connectivity index (χ0v) is 16.0. The molecule has 0 aromatic heterocycles. The van der Waals surface area contributed by atoms with Gasteiger partial charge in [0.1, 0.15) is 18.6 Å². The molecule has 1 fully saturated rings. The van der Waals surface area contributed by atoms with Gasteiger partial charge in [-0.3, -0.25) is 24.2 Å². The molecule has 0 spiro atoms. The first kappa shape index (κ1) is 24.1. The van der Waals surface area contributed by atoms with Crippen molar-refractivity contribution in [1.82, 2.24) is 15.5 Å². The van der Waals surface area contributed by atoms with Crippen molar-refractivity contribution >= 4 is 29.7 Å². The van der Waals surface area contributed by atoms with Crippen molar-refractivity contribution in [2.24, 2.45) is 22.2 Å². The number of aliphatic hydroxyl groups is 1. The van der Waals surface area contributed by atoms with Gasteiger partial charge in [-0.1, -0.05) is 0 Å². The maximum atomic E-state index is 12.7. The number of carbonyl (C=O) groups excluding carboxylic acids is 3. The number of aliphatic hydroxyl groups excluding tert-OH is 1. The minimum absolute atomic E-state index is 0.0680. The van der Waals surface area contributed by atoms with Crippen molar-refractivity contribution in [3.05, 3.63) is 0 Å². The number of rotatable bonds is 11. The lowest BCUT2D eigenvalue weighted by Gasteiger charge is -2.28. The molecule has 10 N–H and O–H groups in total. The molecule has 1 rings (SSSR count). The number of carboxylic acid groups (broad SMARTS) is 1. The van der Waals surface area contributed by atoms with Crippen LogP contribution in [0.25, 0.3) is 0 Å². The Morgan fingerprint density at radius 1 is 1.24 bits per heavy atom. The quantitative estimate of drug-likeness (QED) is 0.0990. The minimum atomic E-state index is -1.26. The third-order valence-electron chi connectivity index (χ3n) is 4.35. The molecule has 29 heavy (non-hydrogen) atoms. The molecule has 0 aromatic carbocycles. The van der Waals surface area contributed by atoms with Crippen molar-refractivity contribution in [2.75, 3.05) is 26.2 Å². The standard InChI is InChI=1S/C16H29N7O6/c17-9(3-1-5-20-16(18)19)13(27)22-10(8-24)15(29)23-6-2-4-11(23)14(28)21-7-12(25)26/h9-11,24H,1-8,17H2,(H,21,28)(H,22,27)(H,25,26)(H4,18,19,20). The van der Waals surface area contributed by atoms with Crippen molar-refractivity contribution in [3.8, 4) is 0 Å². The van der Waals surface area contributed by atoms with Gasteiger partial charge in [0.05, 0.1) is 12.6 Å². The van der Waals surface area contributed by atoms with Gasteiger partial charge >= 0.3 is 5.97 Å². The Morgan fingerprint density at radius 3 is 2.52 bits per heavy atom. The fourth-order valence-corrected chi connectivity index (χ4v) is 2.90. The number of nitrogens with zero attached hydrogens (tertiary/aromatic N) is 2. The Labute approximate surface area is 167 Å². The molecule has 3 atom stereocenters. The number of amides is 3. The predicted molar refractivity (Wildman–Crippen MR) is 102 cm³/mol. The number of aliphatic imine (C=N–C) groups is 1. The van der Waals surface area contributed by atoms with Crippen LogP contribution in [0.15, 0.2) is 4.99 Å². The van der Waals surface area contributed by atoms with Crippen molar-refractivity contribution < 1.29 is 29.4 Å². The van der Waals surface area contributed by atoms with Gasteiger partial charge < -0.3 is 42.9 Å². The Morgan fingerprint density at radius 2 is 1.93 bits per heavy atom. The number of likely N-dealkylation sites (tertiary alicyclic amines) is 1. The van der Waals surface area contributed by atoms with Gasteiger partial charge in [-0.15, -0.1) is 0 Å². The molecule has 1 aliphatic rings. The van der Waals surface area contributed by atoms with E-state index in [0.29, 0.717) is 25.8 Å². The third kappa shape index (κ3) is 7.91. The smallest absolute Gasteiger partial charge is 0.322 e. The monoisotopic (exact) mass is 415 g/mol. The molecule has 3 unspecified atom stereocenters. The third-order valence-corrected chi connectivity index (χ3v) is 4.35. The molecule has 0 saturated carbocycles. The van der Waals surface area contributed by atoms with E-state index in [0.717, 1.165) is 0 Å². The molecule has 1 aliphatic heterocycles. The van der Waals surface area contributed by atoms with E-state index in [-0.39, 0.29) is 18.9 Å². The Bertz CT molecular complexity index is 637. The molecule has 164 valence electrons. The number of nitrogens with two attached hydrogens (primary N) is 3. The van der Waals surface area contributed by atoms with Crippen LogP contribution in [0.5, 0.6) is 0 Å². The lowest BCUT2D eigenvalue weighted by molar-refractivity contribution is -0.143. The lowest BCUT2D eigenvalue weighted by atomic mass is 10.1. The summed E-state index contributed by atoms with van der Waals surface area (Å²) >= 11 is 0. The predicted octanol–water partition coefficient (Wildman–Crippen LogP) is -3.96. The van der Waals surface area contributed by atoms with Gasteiger partial charge in [0.15, 0.2) is 5.96 Å². The number of guanidine groups is 1. The van der Waals surface area contributed by atoms with E-state index in [1.165, 1.54) is 4.90 Å². The zero-order chi connectivity index (χ0) is 22.0. The summed E-state index contributed by atoms with van der Waals surface area (Å²) in [5.41, 5.74) is 16.2. The van der Waals surface area contributed by atoms with Gasteiger partial charge in [0.2, 0.25) is 17.7 Å². The summed E-state index contributed by atoms with van der Waals surface area (Å²) < 4.78 is 0.